The summed E-state index contributed by atoms with van der Waals surface area (Å²) in [6.45, 7) is 9.64. The predicted molar refractivity (Wildman–Crippen MR) is 73.6 cm³/mol. The largest absolute Gasteiger partial charge is 0.353 e. The van der Waals surface area contributed by atoms with Crippen LogP contribution in [0.5, 0.6) is 0 Å². The third kappa shape index (κ3) is 3.93. The Hall–Kier alpha value is -1.10. The molecule has 1 N–H and O–H groups in total. The van der Waals surface area contributed by atoms with E-state index in [1.54, 1.807) is 0 Å². The fourth-order valence-electron chi connectivity index (χ4n) is 2.60. The highest BCUT2D eigenvalue weighted by molar-refractivity contribution is 5.82. The van der Waals surface area contributed by atoms with E-state index in [0.29, 0.717) is 18.4 Å². The third-order valence-corrected chi connectivity index (χ3v) is 3.93. The lowest BCUT2D eigenvalue weighted by Crippen LogP contribution is -2.52. The van der Waals surface area contributed by atoms with Crippen molar-refractivity contribution in [3.05, 3.63) is 0 Å². The van der Waals surface area contributed by atoms with Crippen LogP contribution in [-0.4, -0.2) is 60.4 Å². The monoisotopic (exact) mass is 267 g/mol. The first-order chi connectivity index (χ1) is 8.97. The van der Waals surface area contributed by atoms with Crippen molar-refractivity contribution >= 4 is 11.8 Å². The van der Waals surface area contributed by atoms with Crippen LogP contribution in [0.2, 0.25) is 0 Å². The van der Waals surface area contributed by atoms with Gasteiger partial charge >= 0.3 is 0 Å². The zero-order chi connectivity index (χ0) is 14.0. The Morgan fingerprint density at radius 3 is 2.26 bits per heavy atom. The summed E-state index contributed by atoms with van der Waals surface area (Å²) in [6.07, 6.45) is 1.05. The number of piperazine rings is 1. The lowest BCUT2D eigenvalue weighted by atomic mass is 10.2. The van der Waals surface area contributed by atoms with Gasteiger partial charge in [0.15, 0.2) is 0 Å². The van der Waals surface area contributed by atoms with Gasteiger partial charge in [-0.15, -0.1) is 0 Å². The van der Waals surface area contributed by atoms with Gasteiger partial charge < -0.3 is 10.2 Å². The zero-order valence-corrected chi connectivity index (χ0v) is 12.2. The van der Waals surface area contributed by atoms with Crippen LogP contribution in [0.3, 0.4) is 0 Å². The molecule has 0 unspecified atom stereocenters. The Bertz CT molecular complexity index is 349. The van der Waals surface area contributed by atoms with Crippen molar-refractivity contribution in [3.8, 4) is 0 Å². The van der Waals surface area contributed by atoms with Crippen molar-refractivity contribution in [3.63, 3.8) is 0 Å². The van der Waals surface area contributed by atoms with E-state index < -0.39 is 0 Å². The average Bonchev–Trinajstić information content (AvgIpc) is 3.05. The molecule has 2 rings (SSSR count). The normalized spacial score (nSPS) is 27.5. The molecule has 0 aromatic rings. The number of amides is 2. The van der Waals surface area contributed by atoms with Gasteiger partial charge in [-0.25, -0.2) is 0 Å². The molecule has 0 aromatic carbocycles. The van der Waals surface area contributed by atoms with E-state index in [-0.39, 0.29) is 17.9 Å². The Morgan fingerprint density at radius 1 is 1.21 bits per heavy atom. The molecule has 2 amide bonds. The van der Waals surface area contributed by atoms with Crippen LogP contribution < -0.4 is 5.32 Å². The topological polar surface area (TPSA) is 52.7 Å². The fraction of sp³-hybridized carbons (Fsp3) is 0.857. The molecule has 108 valence electrons. The van der Waals surface area contributed by atoms with Gasteiger partial charge in [0.1, 0.15) is 0 Å². The maximum absolute atomic E-state index is 12.1. The Kier molecular flexibility index (Phi) is 4.45. The molecule has 0 radical (unpaired) electrons. The van der Waals surface area contributed by atoms with E-state index >= 15 is 0 Å². The van der Waals surface area contributed by atoms with Gasteiger partial charge in [0.05, 0.1) is 6.54 Å². The van der Waals surface area contributed by atoms with Gasteiger partial charge in [-0.3, -0.25) is 14.5 Å². The molecule has 1 saturated heterocycles. The highest BCUT2D eigenvalue weighted by Crippen LogP contribution is 2.39. The average molecular weight is 267 g/mol. The number of nitrogens with one attached hydrogen (secondary N) is 1. The summed E-state index contributed by atoms with van der Waals surface area (Å²) in [4.78, 5) is 27.8. The number of rotatable bonds is 4. The van der Waals surface area contributed by atoms with Gasteiger partial charge in [-0.05, 0) is 26.2 Å². The predicted octanol–water partition coefficient (Wildman–Crippen LogP) is 0.311. The van der Waals surface area contributed by atoms with Crippen LogP contribution in [0.4, 0.5) is 0 Å². The molecule has 19 heavy (non-hydrogen) atoms. The quantitative estimate of drug-likeness (QED) is 0.797. The third-order valence-electron chi connectivity index (χ3n) is 3.93. The van der Waals surface area contributed by atoms with Crippen molar-refractivity contribution in [2.45, 2.75) is 33.2 Å². The number of hydrogen-bond acceptors (Lipinski definition) is 3. The Labute approximate surface area is 115 Å². The Balaban J connectivity index is 1.70. The zero-order valence-electron chi connectivity index (χ0n) is 12.2. The van der Waals surface area contributed by atoms with Gasteiger partial charge in [0.25, 0.3) is 0 Å². The second-order valence-electron chi connectivity index (χ2n) is 6.14. The minimum absolute atomic E-state index is 0.0746. The van der Waals surface area contributed by atoms with Gasteiger partial charge in [-0.1, -0.05) is 6.92 Å². The first-order valence-corrected chi connectivity index (χ1v) is 7.28. The van der Waals surface area contributed by atoms with Crippen LogP contribution in [0.25, 0.3) is 0 Å². The van der Waals surface area contributed by atoms with E-state index in [1.807, 2.05) is 18.7 Å². The molecule has 2 fully saturated rings. The van der Waals surface area contributed by atoms with Crippen molar-refractivity contribution in [2.24, 2.45) is 11.8 Å². The fourth-order valence-corrected chi connectivity index (χ4v) is 2.60. The van der Waals surface area contributed by atoms with Gasteiger partial charge in [-0.2, -0.15) is 0 Å². The van der Waals surface area contributed by atoms with Crippen molar-refractivity contribution in [1.29, 1.82) is 0 Å². The lowest BCUT2D eigenvalue weighted by Gasteiger charge is -2.34. The molecule has 0 aromatic heterocycles. The first kappa shape index (κ1) is 14.3. The molecular formula is C14H25N3O2. The summed E-state index contributed by atoms with van der Waals surface area (Å²) in [6, 6.07) is 0.187. The minimum Gasteiger partial charge on any atom is -0.353 e. The number of nitrogens with zero attached hydrogens (tertiary/aromatic N) is 2. The van der Waals surface area contributed by atoms with E-state index in [9.17, 15) is 9.59 Å². The van der Waals surface area contributed by atoms with E-state index in [4.69, 9.17) is 0 Å². The molecule has 5 nitrogen and oxygen atoms in total. The standard InChI is InChI=1S/C14H25N3O2/c1-10(2)15-13(18)9-16-4-6-17(7-5-16)14(19)12-8-11(12)3/h10-12H,4-9H2,1-3H3,(H,15,18)/t11-,12-/m1/s1. The molecule has 1 aliphatic heterocycles. The Morgan fingerprint density at radius 2 is 1.79 bits per heavy atom. The van der Waals surface area contributed by atoms with Crippen LogP contribution in [0.15, 0.2) is 0 Å². The summed E-state index contributed by atoms with van der Waals surface area (Å²) in [5, 5.41) is 2.90. The van der Waals surface area contributed by atoms with Crippen LogP contribution in [0.1, 0.15) is 27.2 Å². The second kappa shape index (κ2) is 5.90. The first-order valence-electron chi connectivity index (χ1n) is 7.28. The number of hydrogen-bond donors (Lipinski definition) is 1. The molecule has 0 spiro atoms. The molecule has 5 heteroatoms. The molecule has 1 aliphatic carbocycles. The summed E-state index contributed by atoms with van der Waals surface area (Å²) >= 11 is 0. The second-order valence-corrected chi connectivity index (χ2v) is 6.14. The number of carbonyl (C=O) groups is 2. The summed E-state index contributed by atoms with van der Waals surface area (Å²) in [5.74, 6) is 1.24. The van der Waals surface area contributed by atoms with E-state index in [2.05, 4.69) is 17.1 Å². The van der Waals surface area contributed by atoms with Crippen LogP contribution in [0, 0.1) is 11.8 Å². The maximum atomic E-state index is 12.1. The van der Waals surface area contributed by atoms with Crippen molar-refractivity contribution in [1.82, 2.24) is 15.1 Å². The highest BCUT2D eigenvalue weighted by Gasteiger charge is 2.41. The lowest BCUT2D eigenvalue weighted by molar-refractivity contribution is -0.134. The van der Waals surface area contributed by atoms with Gasteiger partial charge in [0, 0.05) is 38.1 Å². The molecule has 2 atom stereocenters. The molecular weight excluding hydrogens is 242 g/mol. The van der Waals surface area contributed by atoms with Crippen LogP contribution in [-0.2, 0) is 9.59 Å². The summed E-state index contributed by atoms with van der Waals surface area (Å²) < 4.78 is 0. The van der Waals surface area contributed by atoms with E-state index in [0.717, 1.165) is 32.6 Å². The van der Waals surface area contributed by atoms with Crippen molar-refractivity contribution < 1.29 is 9.59 Å². The van der Waals surface area contributed by atoms with E-state index in [1.165, 1.54) is 0 Å². The smallest absolute Gasteiger partial charge is 0.234 e. The summed E-state index contributed by atoms with van der Waals surface area (Å²) in [5.41, 5.74) is 0. The molecule has 2 aliphatic rings. The molecule has 1 heterocycles. The summed E-state index contributed by atoms with van der Waals surface area (Å²) in [7, 11) is 0. The maximum Gasteiger partial charge on any atom is 0.234 e. The minimum atomic E-state index is 0.0746. The van der Waals surface area contributed by atoms with Crippen molar-refractivity contribution in [2.75, 3.05) is 32.7 Å². The highest BCUT2D eigenvalue weighted by atomic mass is 16.2. The number of carbonyl (C=O) groups excluding carboxylic acids is 2. The van der Waals surface area contributed by atoms with Crippen LogP contribution >= 0.6 is 0 Å². The SMILES string of the molecule is CC(C)NC(=O)CN1CCN(C(=O)[C@@H]2C[C@H]2C)CC1. The van der Waals surface area contributed by atoms with Gasteiger partial charge in [0.2, 0.25) is 11.8 Å². The molecule has 1 saturated carbocycles. The molecule has 0 bridgehead atoms.